The van der Waals surface area contributed by atoms with Crippen LogP contribution >= 0.6 is 22.6 Å². The van der Waals surface area contributed by atoms with Gasteiger partial charge in [-0.2, -0.15) is 0 Å². The number of carbonyl (C=O) groups is 1. The molecule has 6 N–H and O–H groups in total. The number of H-pyrrole nitrogens is 2. The molecule has 11 aromatic rings. The number of fused-ring (bicyclic) bond motifs is 3. The van der Waals surface area contributed by atoms with Gasteiger partial charge in [0.2, 0.25) is 0 Å². The van der Waals surface area contributed by atoms with Gasteiger partial charge in [-0.3, -0.25) is 4.79 Å². The summed E-state index contributed by atoms with van der Waals surface area (Å²) in [5.41, 5.74) is 20.7. The predicted octanol–water partition coefficient (Wildman–Crippen LogP) is 17.0. The molecule has 394 valence electrons. The third kappa shape index (κ3) is 17.4. The van der Waals surface area contributed by atoms with Crippen LogP contribution in [0.5, 0.6) is 11.5 Å². The molecule has 0 spiro atoms. The second kappa shape index (κ2) is 29.8. The van der Waals surface area contributed by atoms with Crippen LogP contribution in [0.4, 0.5) is 17.1 Å². The monoisotopic (exact) mass is 1130 g/mol. The number of nitrogens with one attached hydrogen (secondary N) is 4. The summed E-state index contributed by atoms with van der Waals surface area (Å²) in [5.74, 6) is 1.85. The van der Waals surface area contributed by atoms with Crippen molar-refractivity contribution < 1.29 is 14.3 Å². The molecule has 0 bridgehead atoms. The first-order valence-electron chi connectivity index (χ1n) is 26.5. The Bertz CT molecular complexity index is 3470. The molecule has 0 unspecified atom stereocenters. The van der Waals surface area contributed by atoms with E-state index in [1.807, 2.05) is 111 Å². The van der Waals surface area contributed by atoms with E-state index in [0.717, 1.165) is 90.6 Å². The lowest BCUT2D eigenvalue weighted by atomic mass is 10.1. The average molecular weight is 1140 g/mol. The number of aromatic amines is 2. The number of nitrogens with zero attached hydrogens (tertiary/aromatic N) is 1. The summed E-state index contributed by atoms with van der Waals surface area (Å²) in [4.78, 5) is 16.5. The summed E-state index contributed by atoms with van der Waals surface area (Å²) in [5, 5.41) is 10.6. The molecule has 0 fully saturated rings. The lowest BCUT2D eigenvalue weighted by Gasteiger charge is -2.10. The summed E-state index contributed by atoms with van der Waals surface area (Å²) >= 11 is 2.27. The van der Waals surface area contributed by atoms with E-state index >= 15 is 0 Å². The maximum atomic E-state index is 10.2. The quantitative estimate of drug-likeness (QED) is 0.0396. The Morgan fingerprint density at radius 3 is 1.45 bits per heavy atom. The number of nitrogens with two attached hydrogens (primary N) is 1. The topological polar surface area (TPSA) is 122 Å². The number of hydrogen-bond acceptors (Lipinski definition) is 6. The Balaban J connectivity index is 0.000000151. The molecule has 0 aliphatic heterocycles. The molecule has 77 heavy (non-hydrogen) atoms. The second-order valence-corrected chi connectivity index (χ2v) is 19.4. The summed E-state index contributed by atoms with van der Waals surface area (Å²) < 4.78 is 14.2. The van der Waals surface area contributed by atoms with Crippen molar-refractivity contribution >= 4 is 78.6 Å². The largest absolute Gasteiger partial charge is 0.494 e. The van der Waals surface area contributed by atoms with Gasteiger partial charge < -0.3 is 40.4 Å². The zero-order valence-electron chi connectivity index (χ0n) is 44.9. The van der Waals surface area contributed by atoms with Gasteiger partial charge in [-0.1, -0.05) is 93.6 Å². The Kier molecular flexibility index (Phi) is 21.8. The molecule has 3 heterocycles. The van der Waals surface area contributed by atoms with E-state index in [1.165, 1.54) is 58.6 Å². The van der Waals surface area contributed by atoms with Gasteiger partial charge >= 0.3 is 0 Å². The Labute approximate surface area is 468 Å². The molecule has 0 atom stereocenters. The molecule has 0 aliphatic rings. The van der Waals surface area contributed by atoms with E-state index in [0.29, 0.717) is 6.61 Å². The molecule has 0 radical (unpaired) electrons. The summed E-state index contributed by atoms with van der Waals surface area (Å²) in [7, 11) is 0. The van der Waals surface area contributed by atoms with Crippen molar-refractivity contribution in [1.82, 2.24) is 14.5 Å². The number of anilines is 3. The van der Waals surface area contributed by atoms with E-state index in [1.54, 1.807) is 0 Å². The first kappa shape index (κ1) is 56.5. The molecule has 9 nitrogen and oxygen atoms in total. The summed E-state index contributed by atoms with van der Waals surface area (Å²) in [6.45, 7) is 13.5. The highest BCUT2D eigenvalue weighted by Gasteiger charge is 2.06. The number of benzene rings is 8. The van der Waals surface area contributed by atoms with Gasteiger partial charge in [-0.15, -0.1) is 0 Å². The van der Waals surface area contributed by atoms with Gasteiger partial charge in [0.15, 0.2) is 0 Å². The first-order chi connectivity index (χ1) is 37.7. The lowest BCUT2D eigenvalue weighted by Crippen LogP contribution is -1.99. The van der Waals surface area contributed by atoms with Crippen LogP contribution in [0.25, 0.3) is 38.4 Å². The SMILES string of the molecule is CCOc1ccc(-n2ccc3cc(NCc4ccc(CC)cc4)ccc32)cc1.CCOc1ccc(I)cc1.CCc1ccc(C=O)cc1.CCc1ccc(CNc2ccc3[nH]ccc3c2)cc1.Nc1ccc2[nH]ccc2c1. The Morgan fingerprint density at radius 1 is 0.494 bits per heavy atom. The molecule has 11 rings (SSSR count). The van der Waals surface area contributed by atoms with Crippen LogP contribution in [-0.4, -0.2) is 34.0 Å². The van der Waals surface area contributed by atoms with Crippen LogP contribution in [0.3, 0.4) is 0 Å². The highest BCUT2D eigenvalue weighted by molar-refractivity contribution is 14.1. The maximum Gasteiger partial charge on any atom is 0.150 e. The van der Waals surface area contributed by atoms with E-state index in [9.17, 15) is 4.79 Å². The highest BCUT2D eigenvalue weighted by Crippen LogP contribution is 2.26. The van der Waals surface area contributed by atoms with Crippen LogP contribution in [0.1, 0.15) is 72.8 Å². The van der Waals surface area contributed by atoms with Crippen molar-refractivity contribution in [1.29, 1.82) is 0 Å². The Morgan fingerprint density at radius 2 is 0.948 bits per heavy atom. The van der Waals surface area contributed by atoms with Crippen LogP contribution in [0.2, 0.25) is 0 Å². The third-order valence-corrected chi connectivity index (χ3v) is 13.5. The number of aryl methyl sites for hydroxylation is 3. The van der Waals surface area contributed by atoms with Gasteiger partial charge in [0, 0.05) is 90.8 Å². The van der Waals surface area contributed by atoms with E-state index in [-0.39, 0.29) is 0 Å². The zero-order valence-corrected chi connectivity index (χ0v) is 47.0. The Hall–Kier alpha value is -8.22. The normalized spacial score (nSPS) is 10.4. The number of rotatable bonds is 15. The van der Waals surface area contributed by atoms with Crippen LogP contribution in [0, 0.1) is 3.57 Å². The van der Waals surface area contributed by atoms with Crippen molar-refractivity contribution in [3.63, 3.8) is 0 Å². The molecule has 0 amide bonds. The van der Waals surface area contributed by atoms with Gasteiger partial charge in [-0.05, 0) is 205 Å². The predicted molar refractivity (Wildman–Crippen MR) is 333 cm³/mol. The van der Waals surface area contributed by atoms with E-state index < -0.39 is 0 Å². The zero-order chi connectivity index (χ0) is 54.2. The van der Waals surface area contributed by atoms with Crippen molar-refractivity contribution in [2.24, 2.45) is 0 Å². The molecule has 0 aliphatic carbocycles. The third-order valence-electron chi connectivity index (χ3n) is 12.8. The summed E-state index contributed by atoms with van der Waals surface area (Å²) in [6.07, 6.45) is 10.1. The van der Waals surface area contributed by atoms with Crippen molar-refractivity contribution in [2.75, 3.05) is 29.6 Å². The van der Waals surface area contributed by atoms with Gasteiger partial charge in [-0.25, -0.2) is 0 Å². The van der Waals surface area contributed by atoms with Gasteiger partial charge in [0.1, 0.15) is 17.8 Å². The van der Waals surface area contributed by atoms with Crippen LogP contribution in [-0.2, 0) is 32.4 Å². The number of aromatic nitrogens is 3. The van der Waals surface area contributed by atoms with Crippen molar-refractivity contribution in [2.45, 2.75) is 67.0 Å². The molecule has 3 aromatic heterocycles. The highest BCUT2D eigenvalue weighted by atomic mass is 127. The number of halogens is 1. The number of carbonyl (C=O) groups excluding carboxylic acids is 1. The van der Waals surface area contributed by atoms with Crippen LogP contribution < -0.4 is 25.8 Å². The molecule has 10 heteroatoms. The van der Waals surface area contributed by atoms with Crippen molar-refractivity contribution in [3.05, 3.63) is 250 Å². The molecular formula is C67H71IN6O3. The van der Waals surface area contributed by atoms with Gasteiger partial charge in [0.05, 0.1) is 18.7 Å². The molecule has 0 saturated carbocycles. The standard InChI is InChI=1S/C25H26N2O.C17H18N2.C9H10O.C8H9IO.C8H8N2/c1-3-19-5-7-20(8-6-19)18-26-22-9-14-25-21(17-22)15-16-27(25)23-10-12-24(13-11-23)28-4-2;1-2-13-3-5-14(6-4-13)12-19-16-7-8-17-15(11-16)9-10-18-17;1-2-8-3-5-9(7-10)6-4-8;1-2-10-8-5-3-7(9)4-6-8;9-7-1-2-8-6(5-7)3-4-10-8/h5-17,26H,3-4,18H2,1-2H3;3-11,18-19H,2,12H2,1H3;3-7H,2H2,1H3;3-6H,2H2,1H3;1-5,10H,9H2. The van der Waals surface area contributed by atoms with E-state index in [2.05, 4.69) is 184 Å². The number of hydrogen-bond donors (Lipinski definition) is 5. The fourth-order valence-electron chi connectivity index (χ4n) is 8.31. The molecular weight excluding hydrogens is 1060 g/mol. The fraction of sp³-hybridized carbons (Fsp3) is 0.179. The maximum absolute atomic E-state index is 10.2. The smallest absolute Gasteiger partial charge is 0.150 e. The summed E-state index contributed by atoms with van der Waals surface area (Å²) in [6, 6.07) is 66.5. The lowest BCUT2D eigenvalue weighted by molar-refractivity contribution is 0.112. The van der Waals surface area contributed by atoms with E-state index in [4.69, 9.17) is 15.2 Å². The average Bonchev–Trinajstić information content (AvgIpc) is 4.27. The first-order valence-corrected chi connectivity index (χ1v) is 27.5. The van der Waals surface area contributed by atoms with Gasteiger partial charge in [0.25, 0.3) is 0 Å². The van der Waals surface area contributed by atoms with Crippen molar-refractivity contribution in [3.8, 4) is 17.2 Å². The minimum Gasteiger partial charge on any atom is -0.494 e. The number of nitrogen functional groups attached to an aromatic ring is 1. The minimum absolute atomic E-state index is 0.685. The molecule has 0 saturated heterocycles. The number of aldehydes is 1. The number of ether oxygens (including phenoxy) is 2. The van der Waals surface area contributed by atoms with Crippen LogP contribution in [0.15, 0.2) is 213 Å². The molecule has 8 aromatic carbocycles. The fourth-order valence-corrected chi connectivity index (χ4v) is 8.67. The minimum atomic E-state index is 0.685. The second-order valence-electron chi connectivity index (χ2n) is 18.1.